The van der Waals surface area contributed by atoms with E-state index < -0.39 is 5.60 Å². The van der Waals surface area contributed by atoms with Crippen molar-refractivity contribution in [2.24, 2.45) is 4.99 Å². The molecule has 27 heavy (non-hydrogen) atoms. The van der Waals surface area contributed by atoms with Gasteiger partial charge in [0.25, 0.3) is 0 Å². The lowest BCUT2D eigenvalue weighted by molar-refractivity contribution is 0.0264. The Kier molecular flexibility index (Phi) is 9.47. The number of carbonyl (C=O) groups is 1. The summed E-state index contributed by atoms with van der Waals surface area (Å²) in [7, 11) is 3.40. The molecule has 0 spiro atoms. The second-order valence-electron chi connectivity index (χ2n) is 7.05. The number of methoxy groups -OCH3 is 1. The van der Waals surface area contributed by atoms with Crippen molar-refractivity contribution in [3.05, 3.63) is 29.8 Å². The highest BCUT2D eigenvalue weighted by atomic mass is 16.6. The van der Waals surface area contributed by atoms with Gasteiger partial charge in [0.15, 0.2) is 5.96 Å². The zero-order valence-electron chi connectivity index (χ0n) is 17.5. The van der Waals surface area contributed by atoms with Crippen LogP contribution in [0.1, 0.15) is 33.3 Å². The van der Waals surface area contributed by atoms with Crippen LogP contribution < -0.4 is 15.4 Å². The van der Waals surface area contributed by atoms with Gasteiger partial charge in [0, 0.05) is 33.2 Å². The molecule has 0 aliphatic heterocycles. The number of amides is 1. The van der Waals surface area contributed by atoms with Crippen LogP contribution in [0.5, 0.6) is 5.75 Å². The maximum Gasteiger partial charge on any atom is 0.410 e. The highest BCUT2D eigenvalue weighted by molar-refractivity contribution is 5.79. The first-order valence-corrected chi connectivity index (χ1v) is 9.35. The zero-order chi connectivity index (χ0) is 20.3. The number of ether oxygens (including phenoxy) is 2. The maximum absolute atomic E-state index is 12.1. The Hall–Kier alpha value is -2.44. The lowest BCUT2D eigenvalue weighted by Crippen LogP contribution is -2.44. The summed E-state index contributed by atoms with van der Waals surface area (Å²) in [6.07, 6.45) is 0.523. The molecule has 0 atom stereocenters. The van der Waals surface area contributed by atoms with Crippen LogP contribution in [0.25, 0.3) is 0 Å². The van der Waals surface area contributed by atoms with E-state index in [1.165, 1.54) is 0 Å². The Morgan fingerprint density at radius 2 is 1.85 bits per heavy atom. The molecule has 0 bridgehead atoms. The number of hydrogen-bond donors (Lipinski definition) is 2. The van der Waals surface area contributed by atoms with Crippen LogP contribution in [0.2, 0.25) is 0 Å². The second kappa shape index (κ2) is 11.3. The summed E-state index contributed by atoms with van der Waals surface area (Å²) in [4.78, 5) is 18.0. The Balaban J connectivity index is 2.40. The molecule has 152 valence electrons. The highest BCUT2D eigenvalue weighted by Gasteiger charge is 2.20. The monoisotopic (exact) mass is 378 g/mol. The van der Waals surface area contributed by atoms with Gasteiger partial charge in [0.05, 0.1) is 7.11 Å². The number of aliphatic imine (C=N–C) groups is 1. The van der Waals surface area contributed by atoms with E-state index in [0.29, 0.717) is 25.6 Å². The van der Waals surface area contributed by atoms with Gasteiger partial charge < -0.3 is 25.0 Å². The van der Waals surface area contributed by atoms with Gasteiger partial charge in [0.1, 0.15) is 11.4 Å². The molecule has 1 aromatic rings. The zero-order valence-corrected chi connectivity index (χ0v) is 17.5. The third kappa shape index (κ3) is 8.66. The third-order valence-electron chi connectivity index (χ3n) is 3.81. The lowest BCUT2D eigenvalue weighted by atomic mass is 10.1. The summed E-state index contributed by atoms with van der Waals surface area (Å²) in [6, 6.07) is 7.97. The van der Waals surface area contributed by atoms with Crippen molar-refractivity contribution in [1.29, 1.82) is 0 Å². The van der Waals surface area contributed by atoms with Gasteiger partial charge in [-0.3, -0.25) is 4.99 Å². The molecule has 2 N–H and O–H groups in total. The number of benzene rings is 1. The number of rotatable bonds is 8. The molecule has 0 fully saturated rings. The molecular weight excluding hydrogens is 344 g/mol. The molecule has 0 saturated carbocycles. The van der Waals surface area contributed by atoms with Gasteiger partial charge >= 0.3 is 6.09 Å². The fourth-order valence-electron chi connectivity index (χ4n) is 2.46. The summed E-state index contributed by atoms with van der Waals surface area (Å²) < 4.78 is 10.8. The van der Waals surface area contributed by atoms with Gasteiger partial charge in [-0.15, -0.1) is 0 Å². The van der Waals surface area contributed by atoms with Gasteiger partial charge in [-0.1, -0.05) is 18.2 Å². The van der Waals surface area contributed by atoms with E-state index in [2.05, 4.69) is 21.7 Å². The largest absolute Gasteiger partial charge is 0.496 e. The van der Waals surface area contributed by atoms with E-state index in [0.717, 1.165) is 24.3 Å². The number of para-hydroxylation sites is 1. The Morgan fingerprint density at radius 1 is 1.19 bits per heavy atom. The minimum absolute atomic E-state index is 0.300. The van der Waals surface area contributed by atoms with E-state index in [4.69, 9.17) is 9.47 Å². The minimum Gasteiger partial charge on any atom is -0.496 e. The van der Waals surface area contributed by atoms with Crippen LogP contribution in [-0.2, 0) is 11.2 Å². The summed E-state index contributed by atoms with van der Waals surface area (Å²) in [5, 5.41) is 6.50. The molecule has 7 heteroatoms. The van der Waals surface area contributed by atoms with Crippen LogP contribution in [0.3, 0.4) is 0 Å². The van der Waals surface area contributed by atoms with Gasteiger partial charge in [-0.05, 0) is 45.7 Å². The molecule has 0 radical (unpaired) electrons. The van der Waals surface area contributed by atoms with E-state index >= 15 is 0 Å². The smallest absolute Gasteiger partial charge is 0.410 e. The quantitative estimate of drug-likeness (QED) is 0.537. The number of guanidine groups is 1. The van der Waals surface area contributed by atoms with Crippen molar-refractivity contribution in [2.45, 2.75) is 39.7 Å². The second-order valence-corrected chi connectivity index (χ2v) is 7.05. The molecule has 1 rings (SSSR count). The molecule has 0 aromatic heterocycles. The maximum atomic E-state index is 12.1. The average Bonchev–Trinajstić information content (AvgIpc) is 2.62. The van der Waals surface area contributed by atoms with Gasteiger partial charge in [0.2, 0.25) is 0 Å². The van der Waals surface area contributed by atoms with E-state index in [-0.39, 0.29) is 6.09 Å². The first kappa shape index (κ1) is 22.6. The molecule has 7 nitrogen and oxygen atoms in total. The minimum atomic E-state index is -0.492. The van der Waals surface area contributed by atoms with Crippen molar-refractivity contribution in [3.63, 3.8) is 0 Å². The number of hydrogen-bond acceptors (Lipinski definition) is 4. The molecular formula is C20H34N4O3. The molecule has 1 amide bonds. The first-order chi connectivity index (χ1) is 12.8. The molecule has 1 aromatic carbocycles. The third-order valence-corrected chi connectivity index (χ3v) is 3.81. The van der Waals surface area contributed by atoms with Crippen molar-refractivity contribution in [3.8, 4) is 5.75 Å². The number of nitrogens with zero attached hydrogens (tertiary/aromatic N) is 2. The molecule has 0 aliphatic carbocycles. The van der Waals surface area contributed by atoms with E-state index in [9.17, 15) is 4.79 Å². The summed E-state index contributed by atoms with van der Waals surface area (Å²) in [5.41, 5.74) is 0.652. The molecule has 0 aliphatic rings. The summed E-state index contributed by atoms with van der Waals surface area (Å²) >= 11 is 0. The van der Waals surface area contributed by atoms with Gasteiger partial charge in [-0.2, -0.15) is 0 Å². The van der Waals surface area contributed by atoms with Crippen LogP contribution in [0.15, 0.2) is 29.3 Å². The van der Waals surface area contributed by atoms with Crippen molar-refractivity contribution >= 4 is 12.1 Å². The standard InChI is InChI=1S/C20H34N4O3/c1-7-24(19(25)27-20(2,3)4)15-14-23-18(21-5)22-13-12-16-10-8-9-11-17(16)26-6/h8-11H,7,12-15H2,1-6H3,(H2,21,22,23). The predicted molar refractivity (Wildman–Crippen MR) is 110 cm³/mol. The average molecular weight is 379 g/mol. The van der Waals surface area contributed by atoms with Gasteiger partial charge in [-0.25, -0.2) is 4.79 Å². The fourth-order valence-corrected chi connectivity index (χ4v) is 2.46. The van der Waals surface area contributed by atoms with Crippen molar-refractivity contribution in [2.75, 3.05) is 40.3 Å². The topological polar surface area (TPSA) is 75.2 Å². The van der Waals surface area contributed by atoms with Crippen molar-refractivity contribution < 1.29 is 14.3 Å². The van der Waals surface area contributed by atoms with E-state index in [1.807, 2.05) is 45.9 Å². The van der Waals surface area contributed by atoms with Crippen LogP contribution in [0, 0.1) is 0 Å². The summed E-state index contributed by atoms with van der Waals surface area (Å²) in [5.74, 6) is 1.59. The number of likely N-dealkylation sites (N-methyl/N-ethyl adjacent to an activating group) is 1. The van der Waals surface area contributed by atoms with Crippen LogP contribution in [-0.4, -0.2) is 62.9 Å². The molecule has 0 saturated heterocycles. The predicted octanol–water partition coefficient (Wildman–Crippen LogP) is 2.66. The Bertz CT molecular complexity index is 611. The van der Waals surface area contributed by atoms with Crippen molar-refractivity contribution in [1.82, 2.24) is 15.5 Å². The number of nitrogens with one attached hydrogen (secondary N) is 2. The van der Waals surface area contributed by atoms with Crippen LogP contribution >= 0.6 is 0 Å². The number of carbonyl (C=O) groups excluding carboxylic acids is 1. The van der Waals surface area contributed by atoms with E-state index in [1.54, 1.807) is 19.1 Å². The Labute approximate surface area is 163 Å². The molecule has 0 unspecified atom stereocenters. The van der Waals surface area contributed by atoms with Crippen LogP contribution in [0.4, 0.5) is 4.79 Å². The first-order valence-electron chi connectivity index (χ1n) is 9.35. The fraction of sp³-hybridized carbons (Fsp3) is 0.600. The summed E-state index contributed by atoms with van der Waals surface area (Å²) in [6.45, 7) is 9.98. The Morgan fingerprint density at radius 3 is 2.44 bits per heavy atom. The SMILES string of the molecule is CCN(CCNC(=NC)NCCc1ccccc1OC)C(=O)OC(C)(C)C. The normalized spacial score (nSPS) is 11.7. The lowest BCUT2D eigenvalue weighted by Gasteiger charge is -2.26. The molecule has 0 heterocycles. The highest BCUT2D eigenvalue weighted by Crippen LogP contribution is 2.17.